The van der Waals surface area contributed by atoms with Gasteiger partial charge in [0.25, 0.3) is 5.91 Å². The van der Waals surface area contributed by atoms with Gasteiger partial charge in [-0.15, -0.1) is 11.3 Å². The van der Waals surface area contributed by atoms with Crippen LogP contribution in [0.2, 0.25) is 5.02 Å². The van der Waals surface area contributed by atoms with E-state index in [-0.39, 0.29) is 11.9 Å². The Kier molecular flexibility index (Phi) is 4.99. The number of rotatable bonds is 3. The second-order valence-electron chi connectivity index (χ2n) is 5.77. The fraction of sp³-hybridized carbons (Fsp3) is 0.412. The number of hydrogen-bond donors (Lipinski definition) is 1. The van der Waals surface area contributed by atoms with Crippen LogP contribution >= 0.6 is 22.9 Å². The molecule has 23 heavy (non-hydrogen) atoms. The fourth-order valence-electron chi connectivity index (χ4n) is 3.05. The first-order valence-corrected chi connectivity index (χ1v) is 9.04. The maximum atomic E-state index is 13.1. The van der Waals surface area contributed by atoms with Crippen molar-refractivity contribution in [3.05, 3.63) is 40.0 Å². The van der Waals surface area contributed by atoms with Crippen LogP contribution in [0.25, 0.3) is 10.4 Å². The van der Waals surface area contributed by atoms with Crippen LogP contribution in [0.15, 0.2) is 24.3 Å². The van der Waals surface area contributed by atoms with E-state index in [9.17, 15) is 4.79 Å². The lowest BCUT2D eigenvalue weighted by Gasteiger charge is -2.34. The summed E-state index contributed by atoms with van der Waals surface area (Å²) >= 11 is 7.83. The van der Waals surface area contributed by atoms with E-state index >= 15 is 0 Å². The number of likely N-dealkylation sites (tertiary alicyclic amines) is 1. The van der Waals surface area contributed by atoms with E-state index in [1.54, 1.807) is 0 Å². The largest absolute Gasteiger partial charge is 0.333 e. The minimum Gasteiger partial charge on any atom is -0.333 e. The van der Waals surface area contributed by atoms with Crippen molar-refractivity contribution in [2.45, 2.75) is 32.2 Å². The first-order valence-electron chi connectivity index (χ1n) is 7.85. The van der Waals surface area contributed by atoms with E-state index in [1.807, 2.05) is 36.1 Å². The van der Waals surface area contributed by atoms with E-state index in [4.69, 9.17) is 17.3 Å². The quantitative estimate of drug-likeness (QED) is 0.918. The summed E-state index contributed by atoms with van der Waals surface area (Å²) in [6.07, 6.45) is 3.11. The van der Waals surface area contributed by atoms with Crippen molar-refractivity contribution < 1.29 is 4.79 Å². The van der Waals surface area contributed by atoms with Crippen molar-refractivity contribution in [2.75, 3.05) is 13.1 Å². The Hall–Kier alpha value is -1.43. The predicted octanol–water partition coefficient (Wildman–Crippen LogP) is 3.73. The third kappa shape index (κ3) is 3.27. The molecule has 0 unspecified atom stereocenters. The standard InChI is InChI=1S/C17H20ClN3OS/c1-11-20-15(16(23-11)13-7-2-3-8-14(13)18)17(22)21-9-5-4-6-12(21)10-19/h2-3,7-8,12H,4-6,9-10,19H2,1H3/t12-/m0/s1. The molecule has 1 fully saturated rings. The number of nitrogens with zero attached hydrogens (tertiary/aromatic N) is 2. The number of thiazole rings is 1. The van der Waals surface area contributed by atoms with Gasteiger partial charge in [0.05, 0.1) is 9.88 Å². The summed E-state index contributed by atoms with van der Waals surface area (Å²) in [5.74, 6) is -0.0283. The average Bonchev–Trinajstić information content (AvgIpc) is 2.96. The summed E-state index contributed by atoms with van der Waals surface area (Å²) in [6.45, 7) is 3.16. The molecule has 0 spiro atoms. The Morgan fingerprint density at radius 3 is 2.96 bits per heavy atom. The lowest BCUT2D eigenvalue weighted by atomic mass is 10.0. The number of aromatic nitrogens is 1. The van der Waals surface area contributed by atoms with Crippen LogP contribution in [-0.2, 0) is 0 Å². The number of carbonyl (C=O) groups excluding carboxylic acids is 1. The molecule has 2 N–H and O–H groups in total. The van der Waals surface area contributed by atoms with Crippen LogP contribution < -0.4 is 5.73 Å². The third-order valence-electron chi connectivity index (χ3n) is 4.22. The molecule has 1 saturated heterocycles. The summed E-state index contributed by atoms with van der Waals surface area (Å²) in [4.78, 5) is 20.3. The minimum atomic E-state index is -0.0283. The summed E-state index contributed by atoms with van der Waals surface area (Å²) in [7, 11) is 0. The molecule has 0 saturated carbocycles. The zero-order chi connectivity index (χ0) is 16.4. The fourth-order valence-corrected chi connectivity index (χ4v) is 4.29. The van der Waals surface area contributed by atoms with Crippen molar-refractivity contribution >= 4 is 28.8 Å². The summed E-state index contributed by atoms with van der Waals surface area (Å²) in [6, 6.07) is 7.69. The molecule has 1 aromatic carbocycles. The molecular formula is C17H20ClN3OS. The van der Waals surface area contributed by atoms with Crippen molar-refractivity contribution in [3.8, 4) is 10.4 Å². The SMILES string of the molecule is Cc1nc(C(=O)N2CCCC[C@H]2CN)c(-c2ccccc2Cl)s1. The highest BCUT2D eigenvalue weighted by Crippen LogP contribution is 2.36. The minimum absolute atomic E-state index is 0.0283. The van der Waals surface area contributed by atoms with Gasteiger partial charge in [0.2, 0.25) is 0 Å². The van der Waals surface area contributed by atoms with Gasteiger partial charge in [-0.1, -0.05) is 29.8 Å². The van der Waals surface area contributed by atoms with E-state index in [1.165, 1.54) is 11.3 Å². The Morgan fingerprint density at radius 2 is 2.22 bits per heavy atom. The van der Waals surface area contributed by atoms with E-state index in [2.05, 4.69) is 4.98 Å². The first kappa shape index (κ1) is 16.4. The Labute approximate surface area is 145 Å². The molecule has 4 nitrogen and oxygen atoms in total. The van der Waals surface area contributed by atoms with Crippen LogP contribution in [0.4, 0.5) is 0 Å². The van der Waals surface area contributed by atoms with Crippen molar-refractivity contribution in [3.63, 3.8) is 0 Å². The second kappa shape index (κ2) is 6.99. The monoisotopic (exact) mass is 349 g/mol. The number of aryl methyl sites for hydroxylation is 1. The van der Waals surface area contributed by atoms with Gasteiger partial charge in [-0.25, -0.2) is 4.98 Å². The molecule has 3 rings (SSSR count). The highest BCUT2D eigenvalue weighted by Gasteiger charge is 2.30. The average molecular weight is 350 g/mol. The number of halogens is 1. The maximum absolute atomic E-state index is 13.1. The van der Waals surface area contributed by atoms with Gasteiger partial charge in [-0.05, 0) is 32.3 Å². The van der Waals surface area contributed by atoms with Gasteiger partial charge in [0.1, 0.15) is 5.69 Å². The topological polar surface area (TPSA) is 59.2 Å². The second-order valence-corrected chi connectivity index (χ2v) is 7.38. The van der Waals surface area contributed by atoms with Gasteiger partial charge in [0.15, 0.2) is 0 Å². The molecule has 1 atom stereocenters. The molecule has 1 amide bonds. The number of piperidine rings is 1. The zero-order valence-electron chi connectivity index (χ0n) is 13.1. The van der Waals surface area contributed by atoms with E-state index in [0.717, 1.165) is 41.3 Å². The number of benzene rings is 1. The van der Waals surface area contributed by atoms with Crippen molar-refractivity contribution in [1.29, 1.82) is 0 Å². The molecule has 1 aliphatic heterocycles. The molecule has 6 heteroatoms. The molecule has 2 aromatic rings. The number of hydrogen-bond acceptors (Lipinski definition) is 4. The third-order valence-corrected chi connectivity index (χ3v) is 5.55. The van der Waals surface area contributed by atoms with E-state index in [0.29, 0.717) is 17.3 Å². The highest BCUT2D eigenvalue weighted by atomic mass is 35.5. The van der Waals surface area contributed by atoms with Gasteiger partial charge >= 0.3 is 0 Å². The van der Waals surface area contributed by atoms with E-state index < -0.39 is 0 Å². The van der Waals surface area contributed by atoms with Gasteiger partial charge < -0.3 is 10.6 Å². The van der Waals surface area contributed by atoms with Gasteiger partial charge in [-0.3, -0.25) is 4.79 Å². The Morgan fingerprint density at radius 1 is 1.43 bits per heavy atom. The molecule has 0 radical (unpaired) electrons. The summed E-state index contributed by atoms with van der Waals surface area (Å²) < 4.78 is 0. The number of carbonyl (C=O) groups is 1. The van der Waals surface area contributed by atoms with Crippen molar-refractivity contribution in [2.24, 2.45) is 5.73 Å². The lowest BCUT2D eigenvalue weighted by molar-refractivity contribution is 0.0618. The lowest BCUT2D eigenvalue weighted by Crippen LogP contribution is -2.47. The van der Waals surface area contributed by atoms with Crippen LogP contribution in [0.1, 0.15) is 34.8 Å². The van der Waals surface area contributed by atoms with Crippen LogP contribution in [0, 0.1) is 6.92 Å². The normalized spacial score (nSPS) is 18.2. The molecular weight excluding hydrogens is 330 g/mol. The molecule has 0 bridgehead atoms. The van der Waals surface area contributed by atoms with Gasteiger partial charge in [0, 0.05) is 29.7 Å². The Bertz CT molecular complexity index is 716. The highest BCUT2D eigenvalue weighted by molar-refractivity contribution is 7.15. The maximum Gasteiger partial charge on any atom is 0.274 e. The van der Waals surface area contributed by atoms with Crippen molar-refractivity contribution in [1.82, 2.24) is 9.88 Å². The smallest absolute Gasteiger partial charge is 0.274 e. The molecule has 122 valence electrons. The first-order chi connectivity index (χ1) is 11.1. The van der Waals surface area contributed by atoms with Gasteiger partial charge in [-0.2, -0.15) is 0 Å². The van der Waals surface area contributed by atoms with Crippen LogP contribution in [0.3, 0.4) is 0 Å². The van der Waals surface area contributed by atoms with Crippen LogP contribution in [0.5, 0.6) is 0 Å². The number of nitrogens with two attached hydrogens (primary N) is 1. The predicted molar refractivity (Wildman–Crippen MR) is 95.0 cm³/mol. The van der Waals surface area contributed by atoms with Crippen LogP contribution in [-0.4, -0.2) is 34.9 Å². The zero-order valence-corrected chi connectivity index (χ0v) is 14.7. The summed E-state index contributed by atoms with van der Waals surface area (Å²) in [5, 5.41) is 1.50. The molecule has 2 heterocycles. The molecule has 1 aromatic heterocycles. The Balaban J connectivity index is 2.00. The molecule has 0 aliphatic carbocycles. The number of amides is 1. The summed E-state index contributed by atoms with van der Waals surface area (Å²) in [5.41, 5.74) is 7.22. The molecule has 1 aliphatic rings.